The molecule has 0 bridgehead atoms. The van der Waals surface area contributed by atoms with Gasteiger partial charge >= 0.3 is 6.61 Å². The summed E-state index contributed by atoms with van der Waals surface area (Å²) in [6.45, 7) is -0.217. The summed E-state index contributed by atoms with van der Waals surface area (Å²) in [4.78, 5) is 12.1. The van der Waals surface area contributed by atoms with Crippen molar-refractivity contribution in [2.75, 3.05) is 18.1 Å². The second-order valence-electron chi connectivity index (χ2n) is 5.14. The lowest BCUT2D eigenvalue weighted by Crippen LogP contribution is -2.41. The molecule has 23 heavy (non-hydrogen) atoms. The maximum atomic E-state index is 12.4. The summed E-state index contributed by atoms with van der Waals surface area (Å²) in [5.74, 6) is 1.97. The standard InChI is InChI=1S/C15H20F2N2O2S.ClH/c1-10(12-4-2-3-5-13(12)21-15(16)17)19-14(20)8-11-9-22-7-6-18-11;/h2-5,10-11,15,18H,6-9H2,1H3,(H,19,20);1H. The number of rotatable bonds is 6. The Morgan fingerprint density at radius 3 is 2.87 bits per heavy atom. The van der Waals surface area contributed by atoms with Crippen molar-refractivity contribution in [3.8, 4) is 5.75 Å². The molecule has 1 saturated heterocycles. The topological polar surface area (TPSA) is 50.4 Å². The summed E-state index contributed by atoms with van der Waals surface area (Å²) in [6, 6.07) is 6.28. The van der Waals surface area contributed by atoms with E-state index in [0.717, 1.165) is 18.1 Å². The molecule has 4 nitrogen and oxygen atoms in total. The van der Waals surface area contributed by atoms with Crippen LogP contribution in [0.2, 0.25) is 0 Å². The first-order chi connectivity index (χ1) is 10.6. The van der Waals surface area contributed by atoms with Crippen LogP contribution in [-0.4, -0.2) is 36.6 Å². The summed E-state index contributed by atoms with van der Waals surface area (Å²) < 4.78 is 29.3. The van der Waals surface area contributed by atoms with Gasteiger partial charge in [0.25, 0.3) is 0 Å². The molecule has 2 rings (SSSR count). The second kappa shape index (κ2) is 9.95. The number of hydrogen-bond donors (Lipinski definition) is 2. The summed E-state index contributed by atoms with van der Waals surface area (Å²) in [5.41, 5.74) is 0.544. The monoisotopic (exact) mass is 366 g/mol. The van der Waals surface area contributed by atoms with E-state index in [1.807, 2.05) is 11.8 Å². The van der Waals surface area contributed by atoms with Crippen LogP contribution in [-0.2, 0) is 4.79 Å². The summed E-state index contributed by atoms with van der Waals surface area (Å²) in [7, 11) is 0. The van der Waals surface area contributed by atoms with E-state index in [2.05, 4.69) is 15.4 Å². The van der Waals surface area contributed by atoms with Gasteiger partial charge in [0.1, 0.15) is 5.75 Å². The van der Waals surface area contributed by atoms with Gasteiger partial charge in [-0.15, -0.1) is 12.4 Å². The molecule has 8 heteroatoms. The van der Waals surface area contributed by atoms with Crippen molar-refractivity contribution < 1.29 is 18.3 Å². The summed E-state index contributed by atoms with van der Waals surface area (Å²) in [5, 5.41) is 6.14. The first-order valence-corrected chi connectivity index (χ1v) is 8.36. The van der Waals surface area contributed by atoms with Gasteiger partial charge in [0, 0.05) is 36.1 Å². The molecule has 1 aliphatic heterocycles. The highest BCUT2D eigenvalue weighted by molar-refractivity contribution is 7.99. The molecule has 1 heterocycles. The minimum atomic E-state index is -2.88. The zero-order valence-corrected chi connectivity index (χ0v) is 14.4. The lowest BCUT2D eigenvalue weighted by Gasteiger charge is -2.24. The Labute approximate surface area is 145 Å². The SMILES string of the molecule is CC(NC(=O)CC1CSCCN1)c1ccccc1OC(F)F.Cl. The van der Waals surface area contributed by atoms with E-state index in [1.54, 1.807) is 25.1 Å². The molecule has 0 radical (unpaired) electrons. The van der Waals surface area contributed by atoms with Crippen molar-refractivity contribution in [1.29, 1.82) is 0 Å². The van der Waals surface area contributed by atoms with Crippen LogP contribution in [0, 0.1) is 0 Å². The Bertz CT molecular complexity index is 502. The second-order valence-corrected chi connectivity index (χ2v) is 6.29. The molecule has 0 spiro atoms. The highest BCUT2D eigenvalue weighted by atomic mass is 35.5. The number of thioether (sulfide) groups is 1. The molecule has 0 aliphatic carbocycles. The molecule has 0 aromatic heterocycles. The number of ether oxygens (including phenoxy) is 1. The van der Waals surface area contributed by atoms with Gasteiger partial charge in [0.05, 0.1) is 6.04 Å². The third-order valence-corrected chi connectivity index (χ3v) is 4.54. The molecule has 1 aromatic rings. The fraction of sp³-hybridized carbons (Fsp3) is 0.533. The van der Waals surface area contributed by atoms with E-state index in [-0.39, 0.29) is 30.1 Å². The number of benzene rings is 1. The number of alkyl halides is 2. The first kappa shape index (κ1) is 20.0. The normalized spacial score (nSPS) is 18.9. The lowest BCUT2D eigenvalue weighted by molar-refractivity contribution is -0.122. The Hall–Kier alpha value is -1.05. The highest BCUT2D eigenvalue weighted by Gasteiger charge is 2.20. The van der Waals surface area contributed by atoms with Crippen LogP contribution < -0.4 is 15.4 Å². The van der Waals surface area contributed by atoms with Crippen LogP contribution in [0.4, 0.5) is 8.78 Å². The zero-order chi connectivity index (χ0) is 15.9. The van der Waals surface area contributed by atoms with Crippen molar-refractivity contribution >= 4 is 30.1 Å². The zero-order valence-electron chi connectivity index (χ0n) is 12.8. The Morgan fingerprint density at radius 1 is 1.48 bits per heavy atom. The van der Waals surface area contributed by atoms with Crippen LogP contribution in [0.15, 0.2) is 24.3 Å². The van der Waals surface area contributed by atoms with Crippen LogP contribution in [0.3, 0.4) is 0 Å². The minimum absolute atomic E-state index is 0. The maximum absolute atomic E-state index is 12.4. The molecule has 130 valence electrons. The van der Waals surface area contributed by atoms with E-state index in [4.69, 9.17) is 0 Å². The molecule has 2 unspecified atom stereocenters. The smallest absolute Gasteiger partial charge is 0.387 e. The van der Waals surface area contributed by atoms with Crippen molar-refractivity contribution in [3.63, 3.8) is 0 Å². The van der Waals surface area contributed by atoms with Gasteiger partial charge in [-0.25, -0.2) is 0 Å². The van der Waals surface area contributed by atoms with Crippen LogP contribution in [0.1, 0.15) is 24.9 Å². The van der Waals surface area contributed by atoms with Gasteiger partial charge < -0.3 is 15.4 Å². The third kappa shape index (κ3) is 6.53. The number of halogens is 3. The Kier molecular flexibility index (Phi) is 8.65. The summed E-state index contributed by atoms with van der Waals surface area (Å²) >= 11 is 1.82. The van der Waals surface area contributed by atoms with Gasteiger partial charge in [-0.05, 0) is 13.0 Å². The predicted octanol–water partition coefficient (Wildman–Crippen LogP) is 2.98. The molecule has 0 saturated carbocycles. The Morgan fingerprint density at radius 2 is 2.22 bits per heavy atom. The van der Waals surface area contributed by atoms with Gasteiger partial charge in [0.2, 0.25) is 5.91 Å². The van der Waals surface area contributed by atoms with E-state index in [0.29, 0.717) is 12.0 Å². The van der Waals surface area contributed by atoms with Crippen molar-refractivity contribution in [1.82, 2.24) is 10.6 Å². The Balaban J connectivity index is 0.00000264. The highest BCUT2D eigenvalue weighted by Crippen LogP contribution is 2.26. The van der Waals surface area contributed by atoms with Crippen LogP contribution in [0.25, 0.3) is 0 Å². The van der Waals surface area contributed by atoms with Crippen molar-refractivity contribution in [3.05, 3.63) is 29.8 Å². The van der Waals surface area contributed by atoms with Crippen molar-refractivity contribution in [2.24, 2.45) is 0 Å². The molecule has 1 aromatic carbocycles. The average molecular weight is 367 g/mol. The van der Waals surface area contributed by atoms with Crippen molar-refractivity contribution in [2.45, 2.75) is 32.0 Å². The lowest BCUT2D eigenvalue weighted by atomic mass is 10.1. The average Bonchev–Trinajstić information content (AvgIpc) is 2.48. The number of hydrogen-bond acceptors (Lipinski definition) is 4. The van der Waals surface area contributed by atoms with E-state index < -0.39 is 12.7 Å². The molecule has 2 atom stereocenters. The molecule has 2 N–H and O–H groups in total. The predicted molar refractivity (Wildman–Crippen MR) is 90.6 cm³/mol. The van der Waals surface area contributed by atoms with Gasteiger partial charge in [0.15, 0.2) is 0 Å². The molecule has 1 aliphatic rings. The number of para-hydroxylation sites is 1. The first-order valence-electron chi connectivity index (χ1n) is 7.20. The molecule has 1 fully saturated rings. The molecular formula is C15H21ClF2N2O2S. The number of nitrogens with one attached hydrogen (secondary N) is 2. The summed E-state index contributed by atoms with van der Waals surface area (Å²) in [6.07, 6.45) is 0.384. The van der Waals surface area contributed by atoms with Crippen LogP contribution in [0.5, 0.6) is 5.75 Å². The molecule has 1 amide bonds. The fourth-order valence-electron chi connectivity index (χ4n) is 2.39. The van der Waals surface area contributed by atoms with Crippen LogP contribution >= 0.6 is 24.2 Å². The quantitative estimate of drug-likeness (QED) is 0.812. The van der Waals surface area contributed by atoms with Gasteiger partial charge in [-0.1, -0.05) is 18.2 Å². The van der Waals surface area contributed by atoms with E-state index >= 15 is 0 Å². The third-order valence-electron chi connectivity index (χ3n) is 3.41. The largest absolute Gasteiger partial charge is 0.434 e. The van der Waals surface area contributed by atoms with E-state index in [9.17, 15) is 13.6 Å². The fourth-order valence-corrected chi connectivity index (χ4v) is 3.34. The number of amides is 1. The maximum Gasteiger partial charge on any atom is 0.387 e. The number of carbonyl (C=O) groups is 1. The van der Waals surface area contributed by atoms with Gasteiger partial charge in [-0.3, -0.25) is 4.79 Å². The molecular weight excluding hydrogens is 346 g/mol. The van der Waals surface area contributed by atoms with E-state index in [1.165, 1.54) is 6.07 Å². The number of carbonyl (C=O) groups excluding carboxylic acids is 1. The van der Waals surface area contributed by atoms with Gasteiger partial charge in [-0.2, -0.15) is 20.5 Å². The minimum Gasteiger partial charge on any atom is -0.434 e.